The summed E-state index contributed by atoms with van der Waals surface area (Å²) < 4.78 is 14.5. The first-order valence-corrected chi connectivity index (χ1v) is 6.62. The number of amides is 2. The van der Waals surface area contributed by atoms with Crippen molar-refractivity contribution >= 4 is 17.5 Å². The molecule has 0 N–H and O–H groups in total. The van der Waals surface area contributed by atoms with E-state index in [4.69, 9.17) is 0 Å². The molecular formula is C15H14FN3O2. The number of rotatable bonds is 2. The minimum atomic E-state index is -0.628. The van der Waals surface area contributed by atoms with Gasteiger partial charge < -0.3 is 0 Å². The monoisotopic (exact) mass is 287 g/mol. The lowest BCUT2D eigenvalue weighted by Gasteiger charge is -2.15. The Morgan fingerprint density at radius 2 is 1.86 bits per heavy atom. The van der Waals surface area contributed by atoms with Crippen molar-refractivity contribution in [2.24, 2.45) is 0 Å². The van der Waals surface area contributed by atoms with Gasteiger partial charge in [0, 0.05) is 5.69 Å². The Labute approximate surface area is 121 Å². The molecule has 21 heavy (non-hydrogen) atoms. The zero-order valence-corrected chi connectivity index (χ0v) is 11.7. The highest BCUT2D eigenvalue weighted by Crippen LogP contribution is 2.30. The molecule has 0 radical (unpaired) electrons. The molecule has 0 saturated carbocycles. The predicted molar refractivity (Wildman–Crippen MR) is 74.2 cm³/mol. The highest BCUT2D eigenvalue weighted by Gasteiger charge is 2.41. The Balaban J connectivity index is 1.95. The van der Waals surface area contributed by atoms with Crippen LogP contribution in [0, 0.1) is 19.7 Å². The molecule has 108 valence electrons. The highest BCUT2D eigenvalue weighted by atomic mass is 19.1. The van der Waals surface area contributed by atoms with Crippen LogP contribution in [0.1, 0.15) is 23.9 Å². The molecule has 0 aliphatic carbocycles. The fourth-order valence-electron chi connectivity index (χ4n) is 2.63. The van der Waals surface area contributed by atoms with Gasteiger partial charge in [-0.3, -0.25) is 14.3 Å². The first-order valence-electron chi connectivity index (χ1n) is 6.62. The normalized spacial score (nSPS) is 18.6. The van der Waals surface area contributed by atoms with Gasteiger partial charge in [-0.1, -0.05) is 0 Å². The molecule has 1 aromatic carbocycles. The number of nitrogens with zero attached hydrogens (tertiary/aromatic N) is 3. The molecule has 3 rings (SSSR count). The summed E-state index contributed by atoms with van der Waals surface area (Å²) in [5.41, 5.74) is 2.02. The zero-order chi connectivity index (χ0) is 15.1. The number of benzene rings is 1. The van der Waals surface area contributed by atoms with Crippen LogP contribution >= 0.6 is 0 Å². The third-order valence-electron chi connectivity index (χ3n) is 3.55. The van der Waals surface area contributed by atoms with Crippen LogP contribution in [0.4, 0.5) is 10.1 Å². The molecule has 1 aromatic heterocycles. The van der Waals surface area contributed by atoms with Crippen molar-refractivity contribution in [1.82, 2.24) is 9.78 Å². The van der Waals surface area contributed by atoms with Gasteiger partial charge in [0.25, 0.3) is 5.91 Å². The predicted octanol–water partition coefficient (Wildman–Crippen LogP) is 2.14. The zero-order valence-electron chi connectivity index (χ0n) is 11.7. The lowest BCUT2D eigenvalue weighted by Crippen LogP contribution is -2.31. The van der Waals surface area contributed by atoms with Crippen molar-refractivity contribution in [1.29, 1.82) is 0 Å². The number of halogens is 1. The van der Waals surface area contributed by atoms with Crippen LogP contribution in [0.2, 0.25) is 0 Å². The molecule has 2 aromatic rings. The summed E-state index contributed by atoms with van der Waals surface area (Å²) in [5.74, 6) is -1.05. The van der Waals surface area contributed by atoms with Crippen molar-refractivity contribution in [2.75, 3.05) is 4.90 Å². The van der Waals surface area contributed by atoms with E-state index >= 15 is 0 Å². The van der Waals surface area contributed by atoms with E-state index < -0.39 is 11.9 Å². The van der Waals surface area contributed by atoms with Crippen molar-refractivity contribution < 1.29 is 14.0 Å². The number of carbonyl (C=O) groups is 2. The number of carbonyl (C=O) groups excluding carboxylic acids is 2. The van der Waals surface area contributed by atoms with Gasteiger partial charge in [0.1, 0.15) is 11.9 Å². The average Bonchev–Trinajstić information content (AvgIpc) is 2.91. The van der Waals surface area contributed by atoms with Crippen LogP contribution in [0.5, 0.6) is 0 Å². The Hall–Kier alpha value is -2.50. The average molecular weight is 287 g/mol. The molecular weight excluding hydrogens is 273 g/mol. The smallest absolute Gasteiger partial charge is 0.259 e. The lowest BCUT2D eigenvalue weighted by atomic mass is 10.2. The highest BCUT2D eigenvalue weighted by molar-refractivity contribution is 6.21. The number of hydrogen-bond acceptors (Lipinski definition) is 3. The molecule has 1 aliphatic rings. The van der Waals surface area contributed by atoms with E-state index in [9.17, 15) is 14.0 Å². The van der Waals surface area contributed by atoms with Gasteiger partial charge >= 0.3 is 0 Å². The standard InChI is InChI=1S/C15H14FN3O2/c1-9-7-10(2)19(17-9)13-8-14(20)18(15(13)21)12-5-3-11(16)4-6-12/h3-7,13H,8H2,1-2H3/t13-/m1/s1. The quantitative estimate of drug-likeness (QED) is 0.795. The molecule has 0 spiro atoms. The van der Waals surface area contributed by atoms with Crippen LogP contribution in [-0.4, -0.2) is 21.6 Å². The summed E-state index contributed by atoms with van der Waals surface area (Å²) in [7, 11) is 0. The maximum atomic E-state index is 13.0. The second-order valence-electron chi connectivity index (χ2n) is 5.14. The Morgan fingerprint density at radius 1 is 1.19 bits per heavy atom. The van der Waals surface area contributed by atoms with Crippen LogP contribution in [0.3, 0.4) is 0 Å². The van der Waals surface area contributed by atoms with E-state index in [-0.39, 0.29) is 18.2 Å². The van der Waals surface area contributed by atoms with E-state index in [1.807, 2.05) is 19.9 Å². The molecule has 1 saturated heterocycles. The molecule has 6 heteroatoms. The first-order chi connectivity index (χ1) is 9.97. The van der Waals surface area contributed by atoms with E-state index in [1.165, 1.54) is 24.3 Å². The minimum absolute atomic E-state index is 0.0676. The van der Waals surface area contributed by atoms with Gasteiger partial charge in [-0.05, 0) is 44.2 Å². The van der Waals surface area contributed by atoms with Crippen molar-refractivity contribution in [2.45, 2.75) is 26.3 Å². The number of hydrogen-bond donors (Lipinski definition) is 0. The van der Waals surface area contributed by atoms with Crippen molar-refractivity contribution in [3.63, 3.8) is 0 Å². The fourth-order valence-corrected chi connectivity index (χ4v) is 2.63. The molecule has 1 aliphatic heterocycles. The van der Waals surface area contributed by atoms with E-state index in [0.29, 0.717) is 5.69 Å². The van der Waals surface area contributed by atoms with E-state index in [1.54, 1.807) is 4.68 Å². The summed E-state index contributed by atoms with van der Waals surface area (Å²) >= 11 is 0. The van der Waals surface area contributed by atoms with Crippen LogP contribution in [-0.2, 0) is 9.59 Å². The summed E-state index contributed by atoms with van der Waals surface area (Å²) in [6.45, 7) is 3.68. The number of anilines is 1. The number of aromatic nitrogens is 2. The number of imide groups is 1. The Bertz CT molecular complexity index is 721. The minimum Gasteiger partial charge on any atom is -0.274 e. The Morgan fingerprint density at radius 3 is 2.43 bits per heavy atom. The first kappa shape index (κ1) is 13.5. The Kier molecular flexibility index (Phi) is 3.08. The molecule has 2 amide bonds. The van der Waals surface area contributed by atoms with Gasteiger partial charge in [-0.2, -0.15) is 5.10 Å². The summed E-state index contributed by atoms with van der Waals surface area (Å²) in [4.78, 5) is 25.8. The van der Waals surface area contributed by atoms with Crippen molar-refractivity contribution in [3.05, 3.63) is 47.5 Å². The van der Waals surface area contributed by atoms with Gasteiger partial charge in [0.2, 0.25) is 5.91 Å². The lowest BCUT2D eigenvalue weighted by molar-refractivity contribution is -0.122. The van der Waals surface area contributed by atoms with Crippen LogP contribution in [0.15, 0.2) is 30.3 Å². The van der Waals surface area contributed by atoms with E-state index in [0.717, 1.165) is 16.3 Å². The maximum Gasteiger partial charge on any atom is 0.259 e. The van der Waals surface area contributed by atoms with Gasteiger partial charge in [-0.15, -0.1) is 0 Å². The van der Waals surface area contributed by atoms with Gasteiger partial charge in [-0.25, -0.2) is 9.29 Å². The van der Waals surface area contributed by atoms with Crippen LogP contribution < -0.4 is 4.90 Å². The third-order valence-corrected chi connectivity index (χ3v) is 3.55. The topological polar surface area (TPSA) is 55.2 Å². The molecule has 1 atom stereocenters. The fraction of sp³-hybridized carbons (Fsp3) is 0.267. The maximum absolute atomic E-state index is 13.0. The van der Waals surface area contributed by atoms with Gasteiger partial charge in [0.15, 0.2) is 0 Å². The van der Waals surface area contributed by atoms with Crippen molar-refractivity contribution in [3.8, 4) is 0 Å². The summed E-state index contributed by atoms with van der Waals surface area (Å²) in [5, 5.41) is 4.28. The second kappa shape index (κ2) is 4.80. The molecule has 1 fully saturated rings. The van der Waals surface area contributed by atoms with Crippen LogP contribution in [0.25, 0.3) is 0 Å². The van der Waals surface area contributed by atoms with Gasteiger partial charge in [0.05, 0.1) is 17.8 Å². The molecule has 5 nitrogen and oxygen atoms in total. The SMILES string of the molecule is Cc1cc(C)n([C@@H]2CC(=O)N(c3ccc(F)cc3)C2=O)n1. The summed E-state index contributed by atoms with van der Waals surface area (Å²) in [6.07, 6.45) is 0.0676. The molecule has 0 bridgehead atoms. The molecule has 2 heterocycles. The second-order valence-corrected chi connectivity index (χ2v) is 5.14. The summed E-state index contributed by atoms with van der Waals surface area (Å²) in [6, 6.07) is 6.54. The number of aryl methyl sites for hydroxylation is 2. The molecule has 0 unspecified atom stereocenters. The largest absolute Gasteiger partial charge is 0.274 e. The van der Waals surface area contributed by atoms with E-state index in [2.05, 4.69) is 5.10 Å². The third kappa shape index (κ3) is 2.22.